The number of nitrogens with zero attached hydrogens (tertiary/aromatic N) is 1. The molecule has 0 aliphatic heterocycles. The Balaban J connectivity index is 1.99. The molecular weight excluding hydrogens is 244 g/mol. The van der Waals surface area contributed by atoms with Crippen LogP contribution in [0.3, 0.4) is 0 Å². The highest BCUT2D eigenvalue weighted by Crippen LogP contribution is 2.28. The van der Waals surface area contributed by atoms with Crippen LogP contribution in [-0.4, -0.2) is 17.7 Å². The van der Waals surface area contributed by atoms with E-state index in [1.807, 2.05) is 7.05 Å². The van der Waals surface area contributed by atoms with Gasteiger partial charge in [-0.15, -0.1) is 0 Å². The SMILES string of the molecule is CNC(C)CCCn1c2ccccc2c2ccccc21. The number of para-hydroxylation sites is 2. The predicted molar refractivity (Wildman–Crippen MR) is 87.2 cm³/mol. The summed E-state index contributed by atoms with van der Waals surface area (Å²) in [7, 11) is 2.03. The first-order chi connectivity index (χ1) is 9.81. The van der Waals surface area contributed by atoms with Crippen molar-refractivity contribution in [1.29, 1.82) is 0 Å². The molecule has 0 saturated carbocycles. The van der Waals surface area contributed by atoms with Gasteiger partial charge in [0.15, 0.2) is 0 Å². The fourth-order valence-corrected chi connectivity index (χ4v) is 2.94. The first-order valence-electron chi connectivity index (χ1n) is 7.44. The molecule has 3 rings (SSSR count). The molecule has 1 heterocycles. The number of hydrogen-bond acceptors (Lipinski definition) is 1. The van der Waals surface area contributed by atoms with Crippen LogP contribution in [0.4, 0.5) is 0 Å². The van der Waals surface area contributed by atoms with Gasteiger partial charge in [0.25, 0.3) is 0 Å². The Hall–Kier alpha value is -1.80. The summed E-state index contributed by atoms with van der Waals surface area (Å²) >= 11 is 0. The van der Waals surface area contributed by atoms with Crippen LogP contribution < -0.4 is 5.32 Å². The molecule has 104 valence electrons. The second-order valence-corrected chi connectivity index (χ2v) is 5.52. The molecular formula is C18H22N2. The summed E-state index contributed by atoms with van der Waals surface area (Å²) in [6, 6.07) is 18.0. The zero-order valence-corrected chi connectivity index (χ0v) is 12.3. The van der Waals surface area contributed by atoms with Crippen LogP contribution in [0.25, 0.3) is 21.8 Å². The Labute approximate surface area is 120 Å². The van der Waals surface area contributed by atoms with Crippen molar-refractivity contribution in [2.45, 2.75) is 32.4 Å². The first-order valence-corrected chi connectivity index (χ1v) is 7.44. The molecule has 1 unspecified atom stereocenters. The Bertz CT molecular complexity index is 658. The largest absolute Gasteiger partial charge is 0.340 e. The van der Waals surface area contributed by atoms with E-state index in [-0.39, 0.29) is 0 Å². The maximum atomic E-state index is 3.31. The lowest BCUT2D eigenvalue weighted by Crippen LogP contribution is -2.21. The van der Waals surface area contributed by atoms with Gasteiger partial charge < -0.3 is 9.88 Å². The molecule has 0 amide bonds. The molecule has 1 N–H and O–H groups in total. The zero-order valence-electron chi connectivity index (χ0n) is 12.3. The van der Waals surface area contributed by atoms with Crippen molar-refractivity contribution in [3.8, 4) is 0 Å². The summed E-state index contributed by atoms with van der Waals surface area (Å²) in [5.41, 5.74) is 2.71. The minimum absolute atomic E-state index is 0.586. The van der Waals surface area contributed by atoms with Crippen molar-refractivity contribution >= 4 is 21.8 Å². The topological polar surface area (TPSA) is 17.0 Å². The fourth-order valence-electron chi connectivity index (χ4n) is 2.94. The summed E-state index contributed by atoms with van der Waals surface area (Å²) in [5, 5.41) is 6.04. The van der Waals surface area contributed by atoms with Gasteiger partial charge in [-0.3, -0.25) is 0 Å². The molecule has 3 aromatic rings. The second-order valence-electron chi connectivity index (χ2n) is 5.52. The van der Waals surface area contributed by atoms with E-state index in [1.54, 1.807) is 0 Å². The standard InChI is InChI=1S/C18H22N2/c1-14(19-2)8-7-13-20-17-11-5-3-9-15(17)16-10-4-6-12-18(16)20/h3-6,9-12,14,19H,7-8,13H2,1-2H3. The average molecular weight is 266 g/mol. The van der Waals surface area contributed by atoms with Gasteiger partial charge in [0.1, 0.15) is 0 Å². The smallest absolute Gasteiger partial charge is 0.0491 e. The van der Waals surface area contributed by atoms with E-state index in [1.165, 1.54) is 34.6 Å². The van der Waals surface area contributed by atoms with Crippen molar-refractivity contribution in [3.63, 3.8) is 0 Å². The lowest BCUT2D eigenvalue weighted by atomic mass is 10.2. The van der Waals surface area contributed by atoms with E-state index in [2.05, 4.69) is 65.3 Å². The van der Waals surface area contributed by atoms with Crippen molar-refractivity contribution in [1.82, 2.24) is 9.88 Å². The highest BCUT2D eigenvalue weighted by molar-refractivity contribution is 6.07. The summed E-state index contributed by atoms with van der Waals surface area (Å²) in [4.78, 5) is 0. The normalized spacial score (nSPS) is 13.1. The van der Waals surface area contributed by atoms with Gasteiger partial charge in [-0.1, -0.05) is 36.4 Å². The lowest BCUT2D eigenvalue weighted by molar-refractivity contribution is 0.515. The van der Waals surface area contributed by atoms with Gasteiger partial charge in [-0.25, -0.2) is 0 Å². The molecule has 0 fully saturated rings. The molecule has 20 heavy (non-hydrogen) atoms. The van der Waals surface area contributed by atoms with E-state index < -0.39 is 0 Å². The third-order valence-electron chi connectivity index (χ3n) is 4.19. The van der Waals surface area contributed by atoms with Crippen LogP contribution in [-0.2, 0) is 6.54 Å². The van der Waals surface area contributed by atoms with E-state index in [0.29, 0.717) is 6.04 Å². The van der Waals surface area contributed by atoms with Gasteiger partial charge in [-0.2, -0.15) is 0 Å². The Morgan fingerprint density at radius 3 is 2.05 bits per heavy atom. The summed E-state index contributed by atoms with van der Waals surface area (Å²) in [6.07, 6.45) is 2.40. The van der Waals surface area contributed by atoms with Gasteiger partial charge in [0.05, 0.1) is 0 Å². The van der Waals surface area contributed by atoms with Gasteiger partial charge in [0.2, 0.25) is 0 Å². The monoisotopic (exact) mass is 266 g/mol. The number of benzene rings is 2. The molecule has 2 nitrogen and oxygen atoms in total. The van der Waals surface area contributed by atoms with Gasteiger partial charge in [-0.05, 0) is 38.9 Å². The third kappa shape index (κ3) is 2.32. The Morgan fingerprint density at radius 1 is 0.950 bits per heavy atom. The van der Waals surface area contributed by atoms with E-state index in [0.717, 1.165) is 6.54 Å². The number of aromatic nitrogens is 1. The van der Waals surface area contributed by atoms with Crippen LogP contribution >= 0.6 is 0 Å². The number of aryl methyl sites for hydroxylation is 1. The summed E-state index contributed by atoms with van der Waals surface area (Å²) < 4.78 is 2.47. The average Bonchev–Trinajstić information content (AvgIpc) is 2.82. The van der Waals surface area contributed by atoms with Crippen LogP contribution in [0.2, 0.25) is 0 Å². The van der Waals surface area contributed by atoms with Crippen LogP contribution in [0, 0.1) is 0 Å². The lowest BCUT2D eigenvalue weighted by Gasteiger charge is -2.11. The van der Waals surface area contributed by atoms with Crippen LogP contribution in [0.1, 0.15) is 19.8 Å². The maximum Gasteiger partial charge on any atom is 0.0491 e. The fraction of sp³-hybridized carbons (Fsp3) is 0.333. The predicted octanol–water partition coefficient (Wildman–Crippen LogP) is 4.18. The van der Waals surface area contributed by atoms with E-state index in [9.17, 15) is 0 Å². The molecule has 0 radical (unpaired) electrons. The molecule has 0 spiro atoms. The van der Waals surface area contributed by atoms with Crippen molar-refractivity contribution in [2.75, 3.05) is 7.05 Å². The summed E-state index contributed by atoms with van der Waals surface area (Å²) in [6.45, 7) is 3.33. The molecule has 0 aliphatic carbocycles. The minimum Gasteiger partial charge on any atom is -0.340 e. The van der Waals surface area contributed by atoms with E-state index in [4.69, 9.17) is 0 Å². The van der Waals surface area contributed by atoms with Crippen molar-refractivity contribution in [3.05, 3.63) is 48.5 Å². The van der Waals surface area contributed by atoms with Gasteiger partial charge in [0, 0.05) is 34.4 Å². The van der Waals surface area contributed by atoms with Crippen molar-refractivity contribution < 1.29 is 0 Å². The Kier molecular flexibility index (Phi) is 3.75. The molecule has 0 saturated heterocycles. The van der Waals surface area contributed by atoms with Crippen LogP contribution in [0.5, 0.6) is 0 Å². The Morgan fingerprint density at radius 2 is 1.50 bits per heavy atom. The van der Waals surface area contributed by atoms with E-state index >= 15 is 0 Å². The highest BCUT2D eigenvalue weighted by atomic mass is 15.0. The highest BCUT2D eigenvalue weighted by Gasteiger charge is 2.09. The zero-order chi connectivity index (χ0) is 13.9. The van der Waals surface area contributed by atoms with Gasteiger partial charge >= 0.3 is 0 Å². The summed E-state index contributed by atoms with van der Waals surface area (Å²) in [5.74, 6) is 0. The second kappa shape index (κ2) is 5.68. The minimum atomic E-state index is 0.586. The van der Waals surface area contributed by atoms with Crippen molar-refractivity contribution in [2.24, 2.45) is 0 Å². The first kappa shape index (κ1) is 13.2. The molecule has 2 aromatic carbocycles. The number of rotatable bonds is 5. The molecule has 0 aliphatic rings. The molecule has 1 atom stereocenters. The quantitative estimate of drug-likeness (QED) is 0.733. The maximum absolute atomic E-state index is 3.31. The number of nitrogens with one attached hydrogen (secondary N) is 1. The molecule has 2 heteroatoms. The third-order valence-corrected chi connectivity index (χ3v) is 4.19. The number of fused-ring (bicyclic) bond motifs is 3. The molecule has 0 bridgehead atoms. The number of hydrogen-bond donors (Lipinski definition) is 1. The van der Waals surface area contributed by atoms with Crippen LogP contribution in [0.15, 0.2) is 48.5 Å². The molecule has 1 aromatic heterocycles.